The van der Waals surface area contributed by atoms with Crippen LogP contribution in [0.15, 0.2) is 78.9 Å². The molecule has 0 atom stereocenters. The van der Waals surface area contributed by atoms with Crippen molar-refractivity contribution in [1.29, 1.82) is 0 Å². The summed E-state index contributed by atoms with van der Waals surface area (Å²) in [6, 6.07) is 24.8. The van der Waals surface area contributed by atoms with E-state index in [1.165, 1.54) is 0 Å². The van der Waals surface area contributed by atoms with Crippen molar-refractivity contribution in [3.05, 3.63) is 84.4 Å². The zero-order valence-electron chi connectivity index (χ0n) is 12.8. The molecule has 4 aromatic rings. The van der Waals surface area contributed by atoms with Gasteiger partial charge in [0.1, 0.15) is 5.82 Å². The number of benzene rings is 3. The van der Waals surface area contributed by atoms with E-state index in [-0.39, 0.29) is 5.56 Å². The number of carboxylic acids is 1. The van der Waals surface area contributed by atoms with Crippen molar-refractivity contribution in [3.63, 3.8) is 0 Å². The van der Waals surface area contributed by atoms with E-state index in [0.29, 0.717) is 0 Å². The Morgan fingerprint density at radius 3 is 2.21 bits per heavy atom. The predicted octanol–water partition coefficient (Wildman–Crippen LogP) is 4.39. The predicted molar refractivity (Wildman–Crippen MR) is 93.5 cm³/mol. The molecule has 116 valence electrons. The van der Waals surface area contributed by atoms with Crippen LogP contribution in [0.25, 0.3) is 28.1 Å². The molecular formula is C20H14N2O2. The Morgan fingerprint density at radius 2 is 1.50 bits per heavy atom. The van der Waals surface area contributed by atoms with Crippen LogP contribution < -0.4 is 0 Å². The summed E-state index contributed by atoms with van der Waals surface area (Å²) in [7, 11) is 0. The molecule has 0 saturated carbocycles. The maximum absolute atomic E-state index is 11.1. The maximum Gasteiger partial charge on any atom is 0.335 e. The summed E-state index contributed by atoms with van der Waals surface area (Å²) in [5.41, 5.74) is 4.07. The molecule has 3 aromatic carbocycles. The van der Waals surface area contributed by atoms with E-state index < -0.39 is 5.97 Å². The molecule has 0 fully saturated rings. The summed E-state index contributed by atoms with van der Waals surface area (Å²) in [6.45, 7) is 0. The topological polar surface area (TPSA) is 55.1 Å². The van der Waals surface area contributed by atoms with Crippen LogP contribution >= 0.6 is 0 Å². The van der Waals surface area contributed by atoms with Crippen LogP contribution in [-0.2, 0) is 0 Å². The first-order valence-electron chi connectivity index (χ1n) is 7.61. The highest BCUT2D eigenvalue weighted by molar-refractivity contribution is 5.89. The fraction of sp³-hybridized carbons (Fsp3) is 0. The molecule has 0 unspecified atom stereocenters. The summed E-state index contributed by atoms with van der Waals surface area (Å²) < 4.78 is 2.09. The zero-order chi connectivity index (χ0) is 16.5. The monoisotopic (exact) mass is 314 g/mol. The number of imidazole rings is 1. The Balaban J connectivity index is 1.96. The second-order valence-electron chi connectivity index (χ2n) is 5.48. The second-order valence-corrected chi connectivity index (χ2v) is 5.48. The highest BCUT2D eigenvalue weighted by atomic mass is 16.4. The van der Waals surface area contributed by atoms with Gasteiger partial charge in [0, 0.05) is 11.3 Å². The summed E-state index contributed by atoms with van der Waals surface area (Å²) in [5.74, 6) is -0.141. The smallest absolute Gasteiger partial charge is 0.335 e. The number of hydrogen-bond donors (Lipinski definition) is 1. The highest BCUT2D eigenvalue weighted by Gasteiger charge is 2.14. The number of nitrogens with zero attached hydrogens (tertiary/aromatic N) is 2. The lowest BCUT2D eigenvalue weighted by molar-refractivity contribution is 0.0697. The minimum atomic E-state index is -0.932. The first kappa shape index (κ1) is 14.2. The molecule has 1 heterocycles. The molecule has 4 nitrogen and oxygen atoms in total. The van der Waals surface area contributed by atoms with E-state index in [9.17, 15) is 4.79 Å². The van der Waals surface area contributed by atoms with Crippen molar-refractivity contribution in [1.82, 2.24) is 9.55 Å². The van der Waals surface area contributed by atoms with Gasteiger partial charge in [-0.15, -0.1) is 0 Å². The van der Waals surface area contributed by atoms with Crippen LogP contribution in [0.4, 0.5) is 0 Å². The number of aromatic carboxylic acids is 1. The Bertz CT molecular complexity index is 1020. The standard InChI is InChI=1S/C20H14N2O2/c23-20(24)15-12-10-14(11-13-15)19-21-17-8-4-5-9-18(17)22(19)16-6-2-1-3-7-16/h1-13H,(H,23,24). The third-order valence-corrected chi connectivity index (χ3v) is 3.97. The maximum atomic E-state index is 11.1. The zero-order valence-corrected chi connectivity index (χ0v) is 12.8. The van der Waals surface area contributed by atoms with Gasteiger partial charge in [0.15, 0.2) is 0 Å². The second kappa shape index (κ2) is 5.66. The van der Waals surface area contributed by atoms with E-state index in [0.717, 1.165) is 28.1 Å². The van der Waals surface area contributed by atoms with Crippen LogP contribution in [-0.4, -0.2) is 20.6 Å². The van der Waals surface area contributed by atoms with Crippen LogP contribution in [0, 0.1) is 0 Å². The molecule has 1 aromatic heterocycles. The van der Waals surface area contributed by atoms with Crippen LogP contribution in [0.5, 0.6) is 0 Å². The SMILES string of the molecule is O=C(O)c1ccc(-c2nc3ccccc3n2-c2ccccc2)cc1. The number of para-hydroxylation sites is 3. The minimum Gasteiger partial charge on any atom is -0.478 e. The Morgan fingerprint density at radius 1 is 0.833 bits per heavy atom. The van der Waals surface area contributed by atoms with E-state index in [1.54, 1.807) is 24.3 Å². The normalized spacial score (nSPS) is 10.8. The molecule has 0 aliphatic heterocycles. The van der Waals surface area contributed by atoms with Crippen molar-refractivity contribution in [2.45, 2.75) is 0 Å². The van der Waals surface area contributed by atoms with Gasteiger partial charge in [0.05, 0.1) is 16.6 Å². The average Bonchev–Trinajstić information content (AvgIpc) is 3.02. The molecule has 0 bridgehead atoms. The van der Waals surface area contributed by atoms with E-state index in [1.807, 2.05) is 54.6 Å². The molecule has 1 N–H and O–H groups in total. The summed E-state index contributed by atoms with van der Waals surface area (Å²) in [4.78, 5) is 15.8. The molecule has 0 radical (unpaired) electrons. The summed E-state index contributed by atoms with van der Waals surface area (Å²) in [6.07, 6.45) is 0. The molecule has 0 aliphatic rings. The van der Waals surface area contributed by atoms with Crippen LogP contribution in [0.3, 0.4) is 0 Å². The molecule has 0 amide bonds. The molecule has 4 rings (SSSR count). The molecule has 0 saturated heterocycles. The van der Waals surface area contributed by atoms with Gasteiger partial charge in [-0.2, -0.15) is 0 Å². The Hall–Kier alpha value is -3.40. The van der Waals surface area contributed by atoms with Gasteiger partial charge < -0.3 is 5.11 Å². The van der Waals surface area contributed by atoms with Gasteiger partial charge >= 0.3 is 5.97 Å². The number of carboxylic acid groups (broad SMARTS) is 1. The van der Waals surface area contributed by atoms with Crippen molar-refractivity contribution < 1.29 is 9.90 Å². The number of hydrogen-bond acceptors (Lipinski definition) is 2. The third-order valence-electron chi connectivity index (χ3n) is 3.97. The van der Waals surface area contributed by atoms with Crippen molar-refractivity contribution >= 4 is 17.0 Å². The largest absolute Gasteiger partial charge is 0.478 e. The first-order valence-corrected chi connectivity index (χ1v) is 7.61. The first-order chi connectivity index (χ1) is 11.7. The number of rotatable bonds is 3. The van der Waals surface area contributed by atoms with Gasteiger partial charge in [-0.3, -0.25) is 4.57 Å². The minimum absolute atomic E-state index is 0.265. The fourth-order valence-electron chi connectivity index (χ4n) is 2.82. The van der Waals surface area contributed by atoms with Crippen LogP contribution in [0.2, 0.25) is 0 Å². The van der Waals surface area contributed by atoms with Gasteiger partial charge in [0.25, 0.3) is 0 Å². The molecule has 0 aliphatic carbocycles. The van der Waals surface area contributed by atoms with E-state index in [4.69, 9.17) is 10.1 Å². The molecular weight excluding hydrogens is 300 g/mol. The molecule has 4 heteroatoms. The molecule has 24 heavy (non-hydrogen) atoms. The Labute approximate surface area is 138 Å². The van der Waals surface area contributed by atoms with Gasteiger partial charge in [-0.1, -0.05) is 42.5 Å². The van der Waals surface area contributed by atoms with Crippen molar-refractivity contribution in [2.24, 2.45) is 0 Å². The fourth-order valence-corrected chi connectivity index (χ4v) is 2.82. The molecule has 0 spiro atoms. The van der Waals surface area contributed by atoms with E-state index >= 15 is 0 Å². The summed E-state index contributed by atoms with van der Waals surface area (Å²) >= 11 is 0. The van der Waals surface area contributed by atoms with Crippen LogP contribution in [0.1, 0.15) is 10.4 Å². The average molecular weight is 314 g/mol. The van der Waals surface area contributed by atoms with Crippen molar-refractivity contribution in [3.8, 4) is 17.1 Å². The lowest BCUT2D eigenvalue weighted by atomic mass is 10.1. The Kier molecular flexibility index (Phi) is 3.35. The van der Waals surface area contributed by atoms with Gasteiger partial charge in [-0.25, -0.2) is 9.78 Å². The number of aromatic nitrogens is 2. The quantitative estimate of drug-likeness (QED) is 0.610. The van der Waals surface area contributed by atoms with Gasteiger partial charge in [-0.05, 0) is 36.4 Å². The highest BCUT2D eigenvalue weighted by Crippen LogP contribution is 2.28. The van der Waals surface area contributed by atoms with Gasteiger partial charge in [0.2, 0.25) is 0 Å². The lowest BCUT2D eigenvalue weighted by Gasteiger charge is -2.09. The number of fused-ring (bicyclic) bond motifs is 1. The lowest BCUT2D eigenvalue weighted by Crippen LogP contribution is -1.99. The third kappa shape index (κ3) is 2.34. The van der Waals surface area contributed by atoms with Crippen molar-refractivity contribution in [2.75, 3.05) is 0 Å². The van der Waals surface area contributed by atoms with E-state index in [2.05, 4.69) is 4.57 Å². The number of carbonyl (C=O) groups is 1. The summed E-state index contributed by atoms with van der Waals surface area (Å²) in [5, 5.41) is 9.07.